The molecule has 0 spiro atoms. The topological polar surface area (TPSA) is 171 Å². The van der Waals surface area contributed by atoms with Gasteiger partial charge in [-0.25, -0.2) is 4.79 Å². The normalized spacial score (nSPS) is 17.6. The molecule has 0 saturated heterocycles. The van der Waals surface area contributed by atoms with Crippen LogP contribution in [0.5, 0.6) is 0 Å². The van der Waals surface area contributed by atoms with Gasteiger partial charge in [-0.2, -0.15) is 12.6 Å². The largest absolute Gasteiger partial charge is 0.480 e. The second kappa shape index (κ2) is 11.8. The Kier molecular flexibility index (Phi) is 11.0. The molecule has 10 nitrogen and oxygen atoms in total. The van der Waals surface area contributed by atoms with Gasteiger partial charge in [-0.3, -0.25) is 14.4 Å². The summed E-state index contributed by atoms with van der Waals surface area (Å²) >= 11 is 3.99. The number of hydrogen-bond donors (Lipinski definition) is 7. The monoisotopic (exact) mass is 406 g/mol. The van der Waals surface area contributed by atoms with E-state index in [1.54, 1.807) is 13.8 Å². The summed E-state index contributed by atoms with van der Waals surface area (Å²) in [4.78, 5) is 47.6. The summed E-state index contributed by atoms with van der Waals surface area (Å²) in [5.74, 6) is -3.61. The Morgan fingerprint density at radius 2 is 1.56 bits per heavy atom. The number of carbonyl (C=O) groups excluding carboxylic acids is 3. The van der Waals surface area contributed by atoms with Crippen molar-refractivity contribution in [2.45, 2.75) is 64.4 Å². The van der Waals surface area contributed by atoms with Crippen molar-refractivity contribution in [2.24, 2.45) is 11.7 Å². The fourth-order valence-corrected chi connectivity index (χ4v) is 2.28. The van der Waals surface area contributed by atoms with Crippen molar-refractivity contribution >= 4 is 36.3 Å². The lowest BCUT2D eigenvalue weighted by atomic mass is 9.99. The molecule has 6 unspecified atom stereocenters. The molecule has 0 fully saturated rings. The highest BCUT2D eigenvalue weighted by molar-refractivity contribution is 7.80. The van der Waals surface area contributed by atoms with E-state index in [4.69, 9.17) is 5.73 Å². The zero-order valence-electron chi connectivity index (χ0n) is 15.9. The van der Waals surface area contributed by atoms with E-state index in [0.717, 1.165) is 0 Å². The highest BCUT2D eigenvalue weighted by atomic mass is 32.1. The van der Waals surface area contributed by atoms with E-state index in [2.05, 4.69) is 28.6 Å². The number of amides is 3. The second-order valence-corrected chi connectivity index (χ2v) is 6.82. The second-order valence-electron chi connectivity index (χ2n) is 6.45. The van der Waals surface area contributed by atoms with Gasteiger partial charge in [-0.05, 0) is 19.8 Å². The summed E-state index contributed by atoms with van der Waals surface area (Å²) < 4.78 is 0. The van der Waals surface area contributed by atoms with Gasteiger partial charge < -0.3 is 31.9 Å². The molecule has 6 atom stereocenters. The molecule has 11 heteroatoms. The van der Waals surface area contributed by atoms with Gasteiger partial charge in [0.15, 0.2) is 0 Å². The van der Waals surface area contributed by atoms with Crippen molar-refractivity contribution < 1.29 is 29.4 Å². The van der Waals surface area contributed by atoms with Crippen LogP contribution >= 0.6 is 12.6 Å². The number of aliphatic carboxylic acids is 1. The third kappa shape index (κ3) is 8.14. The first-order valence-corrected chi connectivity index (χ1v) is 9.27. The van der Waals surface area contributed by atoms with Gasteiger partial charge in [0, 0.05) is 5.75 Å². The van der Waals surface area contributed by atoms with Crippen molar-refractivity contribution in [3.8, 4) is 0 Å². The number of rotatable bonds is 11. The van der Waals surface area contributed by atoms with Gasteiger partial charge in [0.1, 0.15) is 24.2 Å². The van der Waals surface area contributed by atoms with Crippen LogP contribution in [0.25, 0.3) is 0 Å². The molecule has 156 valence electrons. The van der Waals surface area contributed by atoms with Crippen LogP contribution in [0.4, 0.5) is 0 Å². The standard InChI is InChI=1S/C16H30N4O6S/c1-5-7(2)12(16(25)26)20-13(22)8(3)18-14(23)10(6-27)19-15(24)11(17)9(4)21/h7-12,21,27H,5-6,17H2,1-4H3,(H,18,23)(H,19,24)(H,20,22)(H,25,26). The summed E-state index contributed by atoms with van der Waals surface area (Å²) in [6, 6.07) is -4.40. The highest BCUT2D eigenvalue weighted by Gasteiger charge is 2.30. The molecule has 0 heterocycles. The Bertz CT molecular complexity index is 545. The molecule has 0 aliphatic heterocycles. The van der Waals surface area contributed by atoms with Crippen LogP contribution in [-0.4, -0.2) is 69.9 Å². The molecule has 0 saturated carbocycles. The van der Waals surface area contributed by atoms with Crippen molar-refractivity contribution in [1.82, 2.24) is 16.0 Å². The minimum atomic E-state index is -1.22. The van der Waals surface area contributed by atoms with Crippen molar-refractivity contribution in [2.75, 3.05) is 5.75 Å². The fourth-order valence-electron chi connectivity index (χ4n) is 2.02. The quantitative estimate of drug-likeness (QED) is 0.199. The zero-order valence-corrected chi connectivity index (χ0v) is 16.8. The molecule has 0 aromatic heterocycles. The number of carbonyl (C=O) groups is 4. The smallest absolute Gasteiger partial charge is 0.326 e. The molecular formula is C16H30N4O6S. The number of thiol groups is 1. The maximum absolute atomic E-state index is 12.3. The number of aliphatic hydroxyl groups is 1. The SMILES string of the molecule is CCC(C)C(NC(=O)C(C)NC(=O)C(CS)NC(=O)C(N)C(C)O)C(=O)O. The lowest BCUT2D eigenvalue weighted by Gasteiger charge is -2.24. The minimum absolute atomic E-state index is 0.0664. The maximum atomic E-state index is 12.3. The summed E-state index contributed by atoms with van der Waals surface area (Å²) in [6.45, 7) is 6.22. The first-order chi connectivity index (χ1) is 12.5. The van der Waals surface area contributed by atoms with Crippen LogP contribution in [0.15, 0.2) is 0 Å². The van der Waals surface area contributed by atoms with Crippen LogP contribution in [0, 0.1) is 5.92 Å². The first-order valence-electron chi connectivity index (χ1n) is 8.64. The third-order valence-corrected chi connectivity index (χ3v) is 4.53. The van der Waals surface area contributed by atoms with Gasteiger partial charge in [0.05, 0.1) is 6.10 Å². The number of carboxylic acids is 1. The molecule has 3 amide bonds. The van der Waals surface area contributed by atoms with Crippen LogP contribution in [0.3, 0.4) is 0 Å². The maximum Gasteiger partial charge on any atom is 0.326 e. The molecule has 0 aliphatic rings. The van der Waals surface area contributed by atoms with Gasteiger partial charge in [-0.1, -0.05) is 20.3 Å². The number of nitrogens with two attached hydrogens (primary N) is 1. The van der Waals surface area contributed by atoms with E-state index in [-0.39, 0.29) is 11.7 Å². The molecule has 0 rings (SSSR count). The Morgan fingerprint density at radius 3 is 1.96 bits per heavy atom. The molecule has 27 heavy (non-hydrogen) atoms. The predicted molar refractivity (Wildman–Crippen MR) is 102 cm³/mol. The number of aliphatic hydroxyl groups excluding tert-OH is 1. The summed E-state index contributed by atoms with van der Waals surface area (Å²) in [7, 11) is 0. The number of hydrogen-bond acceptors (Lipinski definition) is 7. The van der Waals surface area contributed by atoms with Crippen molar-refractivity contribution in [3.05, 3.63) is 0 Å². The van der Waals surface area contributed by atoms with Gasteiger partial charge in [0.2, 0.25) is 17.7 Å². The third-order valence-electron chi connectivity index (χ3n) is 4.17. The van der Waals surface area contributed by atoms with Crippen LogP contribution in [0.1, 0.15) is 34.1 Å². The number of carboxylic acid groups (broad SMARTS) is 1. The molecule has 0 radical (unpaired) electrons. The molecule has 0 aromatic carbocycles. The van der Waals surface area contributed by atoms with Gasteiger partial charge >= 0.3 is 5.97 Å². The Balaban J connectivity index is 4.87. The van der Waals surface area contributed by atoms with Gasteiger partial charge in [0.25, 0.3) is 0 Å². The van der Waals surface area contributed by atoms with E-state index in [0.29, 0.717) is 6.42 Å². The summed E-state index contributed by atoms with van der Waals surface area (Å²) in [6.07, 6.45) is -0.554. The van der Waals surface area contributed by atoms with Crippen molar-refractivity contribution in [3.63, 3.8) is 0 Å². The Labute approximate surface area is 164 Å². The van der Waals surface area contributed by atoms with E-state index < -0.39 is 54.0 Å². The molecule has 0 aromatic rings. The molecule has 0 aliphatic carbocycles. The van der Waals surface area contributed by atoms with E-state index in [9.17, 15) is 29.4 Å². The van der Waals surface area contributed by atoms with E-state index >= 15 is 0 Å². The Morgan fingerprint density at radius 1 is 1.00 bits per heavy atom. The van der Waals surface area contributed by atoms with Crippen LogP contribution in [-0.2, 0) is 19.2 Å². The number of nitrogens with one attached hydrogen (secondary N) is 3. The van der Waals surface area contributed by atoms with Crippen molar-refractivity contribution in [1.29, 1.82) is 0 Å². The summed E-state index contributed by atoms with van der Waals surface area (Å²) in [5.41, 5.74) is 5.50. The van der Waals surface area contributed by atoms with Gasteiger partial charge in [-0.15, -0.1) is 0 Å². The molecule has 0 bridgehead atoms. The van der Waals surface area contributed by atoms with E-state index in [1.165, 1.54) is 13.8 Å². The fraction of sp³-hybridized carbons (Fsp3) is 0.750. The van der Waals surface area contributed by atoms with Crippen LogP contribution < -0.4 is 21.7 Å². The first kappa shape index (κ1) is 25.1. The van der Waals surface area contributed by atoms with E-state index in [1.807, 2.05) is 0 Å². The molecular weight excluding hydrogens is 376 g/mol. The molecule has 7 N–H and O–H groups in total. The minimum Gasteiger partial charge on any atom is -0.480 e. The lowest BCUT2D eigenvalue weighted by Crippen LogP contribution is -2.58. The predicted octanol–water partition coefficient (Wildman–Crippen LogP) is -1.77. The Hall–Kier alpha value is -1.85. The lowest BCUT2D eigenvalue weighted by molar-refractivity contribution is -0.143. The zero-order chi connectivity index (χ0) is 21.3. The summed E-state index contributed by atoms with van der Waals surface area (Å²) in [5, 5.41) is 25.7. The highest BCUT2D eigenvalue weighted by Crippen LogP contribution is 2.08. The van der Waals surface area contributed by atoms with Crippen LogP contribution in [0.2, 0.25) is 0 Å². The average molecular weight is 407 g/mol. The average Bonchev–Trinajstić information content (AvgIpc) is 2.61.